The van der Waals surface area contributed by atoms with Crippen molar-refractivity contribution in [3.8, 4) is 28.4 Å². The SMILES string of the molecule is CCCOc1ccc(-c2nn(-c3ccccc3)cc2/C=N/NC(=O)c2cc3ccccc3cc2O)cc1. The van der Waals surface area contributed by atoms with Gasteiger partial charge in [-0.05, 0) is 65.7 Å². The van der Waals surface area contributed by atoms with Crippen LogP contribution in [0.1, 0.15) is 29.3 Å². The number of aromatic nitrogens is 2. The maximum Gasteiger partial charge on any atom is 0.275 e. The lowest BCUT2D eigenvalue weighted by molar-refractivity contribution is 0.0952. The fraction of sp³-hybridized carbons (Fsp3) is 0.100. The Hall–Kier alpha value is -4.91. The number of aromatic hydroxyl groups is 1. The molecule has 0 aliphatic carbocycles. The van der Waals surface area contributed by atoms with E-state index in [0.29, 0.717) is 17.9 Å². The summed E-state index contributed by atoms with van der Waals surface area (Å²) in [6.45, 7) is 2.72. The second-order valence-electron chi connectivity index (χ2n) is 8.50. The van der Waals surface area contributed by atoms with Gasteiger partial charge in [-0.25, -0.2) is 10.1 Å². The molecule has 5 aromatic rings. The van der Waals surface area contributed by atoms with Gasteiger partial charge in [0.25, 0.3) is 5.91 Å². The molecule has 7 heteroatoms. The summed E-state index contributed by atoms with van der Waals surface area (Å²) in [7, 11) is 0. The average molecular weight is 491 g/mol. The Kier molecular flexibility index (Phi) is 6.94. The average Bonchev–Trinajstić information content (AvgIpc) is 3.36. The highest BCUT2D eigenvalue weighted by Crippen LogP contribution is 2.26. The van der Waals surface area contributed by atoms with Gasteiger partial charge >= 0.3 is 0 Å². The van der Waals surface area contributed by atoms with Crippen molar-refractivity contribution in [3.05, 3.63) is 108 Å². The molecule has 37 heavy (non-hydrogen) atoms. The molecule has 0 aliphatic heterocycles. The van der Waals surface area contributed by atoms with Crippen LogP contribution in [0.5, 0.6) is 11.5 Å². The standard InChI is InChI=1S/C30H26N4O3/c1-2-16-37-26-14-12-21(13-15-26)29-24(20-34(33-29)25-10-4-3-5-11-25)19-31-32-30(36)27-17-22-8-6-7-9-23(22)18-28(27)35/h3-15,17-20,35H,2,16H2,1H3,(H,32,36)/b31-19+. The van der Waals surface area contributed by atoms with Crippen LogP contribution in [0, 0.1) is 0 Å². The predicted molar refractivity (Wildman–Crippen MR) is 145 cm³/mol. The summed E-state index contributed by atoms with van der Waals surface area (Å²) >= 11 is 0. The normalized spacial score (nSPS) is 11.2. The first-order valence-electron chi connectivity index (χ1n) is 12.1. The van der Waals surface area contributed by atoms with Crippen molar-refractivity contribution >= 4 is 22.9 Å². The van der Waals surface area contributed by atoms with Crippen molar-refractivity contribution in [1.82, 2.24) is 15.2 Å². The highest BCUT2D eigenvalue weighted by atomic mass is 16.5. The van der Waals surface area contributed by atoms with Crippen molar-refractivity contribution in [3.63, 3.8) is 0 Å². The van der Waals surface area contributed by atoms with E-state index in [2.05, 4.69) is 17.5 Å². The Morgan fingerprint density at radius 3 is 2.43 bits per heavy atom. The third-order valence-electron chi connectivity index (χ3n) is 5.84. The van der Waals surface area contributed by atoms with Gasteiger partial charge in [0.05, 0.1) is 24.1 Å². The molecule has 1 aromatic heterocycles. The molecular formula is C30H26N4O3. The second-order valence-corrected chi connectivity index (χ2v) is 8.50. The molecule has 1 heterocycles. The lowest BCUT2D eigenvalue weighted by Crippen LogP contribution is -2.17. The van der Waals surface area contributed by atoms with E-state index in [4.69, 9.17) is 9.84 Å². The minimum atomic E-state index is -0.506. The van der Waals surface area contributed by atoms with Gasteiger partial charge in [0, 0.05) is 17.3 Å². The third kappa shape index (κ3) is 5.36. The largest absolute Gasteiger partial charge is 0.507 e. The van der Waals surface area contributed by atoms with Crippen LogP contribution in [0.3, 0.4) is 0 Å². The zero-order valence-electron chi connectivity index (χ0n) is 20.3. The maximum atomic E-state index is 12.8. The number of phenols is 1. The van der Waals surface area contributed by atoms with Gasteiger partial charge in [-0.2, -0.15) is 10.2 Å². The van der Waals surface area contributed by atoms with Gasteiger partial charge in [0.15, 0.2) is 0 Å². The number of nitrogens with zero attached hydrogens (tertiary/aromatic N) is 3. The van der Waals surface area contributed by atoms with Gasteiger partial charge in [-0.1, -0.05) is 49.4 Å². The minimum absolute atomic E-state index is 0.102. The van der Waals surface area contributed by atoms with E-state index >= 15 is 0 Å². The second kappa shape index (κ2) is 10.8. The number of hydrazone groups is 1. The van der Waals surface area contributed by atoms with Gasteiger partial charge in [0.2, 0.25) is 0 Å². The number of carbonyl (C=O) groups excluding carboxylic acids is 1. The molecule has 0 saturated heterocycles. The molecule has 0 bridgehead atoms. The Morgan fingerprint density at radius 2 is 1.70 bits per heavy atom. The Morgan fingerprint density at radius 1 is 1.00 bits per heavy atom. The molecule has 5 rings (SSSR count). The van der Waals surface area contributed by atoms with Gasteiger partial charge < -0.3 is 9.84 Å². The van der Waals surface area contributed by atoms with Crippen molar-refractivity contribution < 1.29 is 14.6 Å². The van der Waals surface area contributed by atoms with E-state index < -0.39 is 5.91 Å². The summed E-state index contributed by atoms with van der Waals surface area (Å²) < 4.78 is 7.47. The summed E-state index contributed by atoms with van der Waals surface area (Å²) in [5.74, 6) is 0.189. The maximum absolute atomic E-state index is 12.8. The Balaban J connectivity index is 1.42. The number of ether oxygens (including phenoxy) is 1. The Labute approximate surface area is 214 Å². The molecule has 184 valence electrons. The molecule has 0 saturated carbocycles. The first-order chi connectivity index (χ1) is 18.1. The summed E-state index contributed by atoms with van der Waals surface area (Å²) in [5.41, 5.74) is 5.89. The number of benzene rings is 4. The number of fused-ring (bicyclic) bond motifs is 1. The smallest absolute Gasteiger partial charge is 0.275 e. The van der Waals surface area contributed by atoms with Gasteiger partial charge in [0.1, 0.15) is 17.2 Å². The molecule has 0 fully saturated rings. The van der Waals surface area contributed by atoms with E-state index in [9.17, 15) is 9.90 Å². The van der Waals surface area contributed by atoms with Crippen LogP contribution in [-0.4, -0.2) is 33.6 Å². The minimum Gasteiger partial charge on any atom is -0.507 e. The number of rotatable bonds is 8. The fourth-order valence-electron chi connectivity index (χ4n) is 3.98. The van der Waals surface area contributed by atoms with Gasteiger partial charge in [-0.15, -0.1) is 0 Å². The van der Waals surface area contributed by atoms with E-state index in [1.807, 2.05) is 85.1 Å². The highest BCUT2D eigenvalue weighted by molar-refractivity contribution is 6.02. The molecule has 4 aromatic carbocycles. The van der Waals surface area contributed by atoms with Crippen LogP contribution >= 0.6 is 0 Å². The zero-order chi connectivity index (χ0) is 25.6. The highest BCUT2D eigenvalue weighted by Gasteiger charge is 2.14. The summed E-state index contributed by atoms with van der Waals surface area (Å²) in [4.78, 5) is 12.8. The zero-order valence-corrected chi connectivity index (χ0v) is 20.3. The molecule has 0 atom stereocenters. The van der Waals surface area contributed by atoms with Crippen LogP contribution in [0.4, 0.5) is 0 Å². The Bertz CT molecular complexity index is 1560. The van der Waals surface area contributed by atoms with Crippen LogP contribution in [-0.2, 0) is 0 Å². The van der Waals surface area contributed by atoms with E-state index in [-0.39, 0.29) is 11.3 Å². The van der Waals surface area contributed by atoms with Crippen LogP contribution in [0.25, 0.3) is 27.7 Å². The van der Waals surface area contributed by atoms with Crippen molar-refractivity contribution in [2.75, 3.05) is 6.61 Å². The van der Waals surface area contributed by atoms with Crippen molar-refractivity contribution in [2.45, 2.75) is 13.3 Å². The molecule has 2 N–H and O–H groups in total. The van der Waals surface area contributed by atoms with Gasteiger partial charge in [-0.3, -0.25) is 4.79 Å². The number of amides is 1. The molecule has 0 radical (unpaired) electrons. The van der Waals surface area contributed by atoms with E-state index in [0.717, 1.165) is 34.2 Å². The number of para-hydroxylation sites is 1. The van der Waals surface area contributed by atoms with Crippen LogP contribution in [0.15, 0.2) is 102 Å². The summed E-state index contributed by atoms with van der Waals surface area (Å²) in [5, 5.41) is 21.0. The summed E-state index contributed by atoms with van der Waals surface area (Å²) in [6, 6.07) is 28.2. The molecule has 1 amide bonds. The monoisotopic (exact) mass is 490 g/mol. The molecule has 0 unspecified atom stereocenters. The number of phenolic OH excluding ortho intramolecular Hbond substituents is 1. The number of carbonyl (C=O) groups is 1. The summed E-state index contributed by atoms with van der Waals surface area (Å²) in [6.07, 6.45) is 4.35. The first kappa shape index (κ1) is 23.8. The lowest BCUT2D eigenvalue weighted by Gasteiger charge is -2.06. The fourth-order valence-corrected chi connectivity index (χ4v) is 3.98. The number of hydrogen-bond donors (Lipinski definition) is 2. The third-order valence-corrected chi connectivity index (χ3v) is 5.84. The molecule has 0 spiro atoms. The van der Waals surface area contributed by atoms with Crippen LogP contribution < -0.4 is 10.2 Å². The quantitative estimate of drug-likeness (QED) is 0.208. The lowest BCUT2D eigenvalue weighted by atomic mass is 10.1. The van der Waals surface area contributed by atoms with E-state index in [1.165, 1.54) is 0 Å². The predicted octanol–water partition coefficient (Wildman–Crippen LogP) is 5.95. The topological polar surface area (TPSA) is 88.7 Å². The molecular weight excluding hydrogens is 464 g/mol. The van der Waals surface area contributed by atoms with Crippen molar-refractivity contribution in [2.24, 2.45) is 5.10 Å². The van der Waals surface area contributed by atoms with Crippen molar-refractivity contribution in [1.29, 1.82) is 0 Å². The van der Waals surface area contributed by atoms with Crippen LogP contribution in [0.2, 0.25) is 0 Å². The molecule has 0 aliphatic rings. The number of nitrogens with one attached hydrogen (secondary N) is 1. The first-order valence-corrected chi connectivity index (χ1v) is 12.1. The number of hydrogen-bond acceptors (Lipinski definition) is 5. The molecule has 7 nitrogen and oxygen atoms in total. The van der Waals surface area contributed by atoms with E-state index in [1.54, 1.807) is 23.0 Å².